The van der Waals surface area contributed by atoms with E-state index in [9.17, 15) is 9.90 Å². The molecule has 0 atom stereocenters. The summed E-state index contributed by atoms with van der Waals surface area (Å²) in [7, 11) is 0. The largest absolute Gasteiger partial charge is 0.392 e. The number of nitrogens with zero attached hydrogens (tertiary/aromatic N) is 3. The molecule has 2 N–H and O–H groups in total. The van der Waals surface area contributed by atoms with Gasteiger partial charge in [-0.2, -0.15) is 0 Å². The first kappa shape index (κ1) is 16.4. The van der Waals surface area contributed by atoms with Gasteiger partial charge in [0, 0.05) is 31.0 Å². The van der Waals surface area contributed by atoms with Crippen molar-refractivity contribution in [3.05, 3.63) is 47.9 Å². The fraction of sp³-hybridized carbons (Fsp3) is 0.389. The van der Waals surface area contributed by atoms with Crippen molar-refractivity contribution < 1.29 is 9.90 Å². The quantitative estimate of drug-likeness (QED) is 0.902. The van der Waals surface area contributed by atoms with E-state index in [-0.39, 0.29) is 12.5 Å². The van der Waals surface area contributed by atoms with Crippen LogP contribution in [0.3, 0.4) is 0 Å². The van der Waals surface area contributed by atoms with E-state index in [1.54, 1.807) is 24.5 Å². The molecule has 0 aromatic carbocycles. The van der Waals surface area contributed by atoms with Crippen LogP contribution in [0, 0.1) is 5.92 Å². The molecule has 6 heteroatoms. The number of piperidine rings is 1. The van der Waals surface area contributed by atoms with Crippen LogP contribution in [0.4, 0.5) is 11.5 Å². The molecule has 1 saturated heterocycles. The van der Waals surface area contributed by atoms with Gasteiger partial charge in [0.05, 0.1) is 24.1 Å². The number of anilines is 2. The van der Waals surface area contributed by atoms with Gasteiger partial charge in [0.15, 0.2) is 0 Å². The molecule has 0 bridgehead atoms. The molecule has 0 saturated carbocycles. The average Bonchev–Trinajstić information content (AvgIpc) is 2.63. The van der Waals surface area contributed by atoms with Crippen LogP contribution in [0.5, 0.6) is 0 Å². The smallest absolute Gasteiger partial charge is 0.257 e. The van der Waals surface area contributed by atoms with Crippen LogP contribution >= 0.6 is 0 Å². The van der Waals surface area contributed by atoms with Gasteiger partial charge >= 0.3 is 0 Å². The Hall–Kier alpha value is -2.47. The summed E-state index contributed by atoms with van der Waals surface area (Å²) in [5.74, 6) is 1.42. The number of aliphatic hydroxyl groups excluding tert-OH is 1. The fourth-order valence-electron chi connectivity index (χ4n) is 2.81. The van der Waals surface area contributed by atoms with E-state index >= 15 is 0 Å². The van der Waals surface area contributed by atoms with E-state index in [0.29, 0.717) is 16.8 Å². The van der Waals surface area contributed by atoms with Crippen molar-refractivity contribution in [2.45, 2.75) is 26.4 Å². The Bertz CT molecular complexity index is 694. The summed E-state index contributed by atoms with van der Waals surface area (Å²) in [6.07, 6.45) is 7.05. The second kappa shape index (κ2) is 7.40. The van der Waals surface area contributed by atoms with Crippen LogP contribution in [0.25, 0.3) is 0 Å². The van der Waals surface area contributed by atoms with Gasteiger partial charge < -0.3 is 15.3 Å². The van der Waals surface area contributed by atoms with Gasteiger partial charge in [-0.3, -0.25) is 9.78 Å². The second-order valence-corrected chi connectivity index (χ2v) is 6.22. The number of carbonyl (C=O) groups is 1. The topological polar surface area (TPSA) is 78.4 Å². The number of nitrogens with one attached hydrogen (secondary N) is 1. The molecule has 2 aromatic rings. The number of carbonyl (C=O) groups excluding carboxylic acids is 1. The first-order chi connectivity index (χ1) is 11.7. The van der Waals surface area contributed by atoms with Crippen LogP contribution in [0.2, 0.25) is 0 Å². The highest BCUT2D eigenvalue weighted by Crippen LogP contribution is 2.21. The zero-order valence-electron chi connectivity index (χ0n) is 13.8. The van der Waals surface area contributed by atoms with Gasteiger partial charge in [-0.05, 0) is 37.0 Å². The first-order valence-corrected chi connectivity index (χ1v) is 8.23. The van der Waals surface area contributed by atoms with E-state index in [0.717, 1.165) is 24.8 Å². The van der Waals surface area contributed by atoms with Gasteiger partial charge in [-0.25, -0.2) is 4.98 Å². The maximum atomic E-state index is 12.3. The number of aliphatic hydroxyl groups is 1. The zero-order valence-corrected chi connectivity index (χ0v) is 13.8. The Morgan fingerprint density at radius 3 is 2.75 bits per heavy atom. The van der Waals surface area contributed by atoms with E-state index in [2.05, 4.69) is 27.1 Å². The Balaban J connectivity index is 1.68. The molecule has 0 radical (unpaired) electrons. The predicted molar refractivity (Wildman–Crippen MR) is 93.0 cm³/mol. The number of amides is 1. The summed E-state index contributed by atoms with van der Waals surface area (Å²) in [5, 5.41) is 12.1. The SMILES string of the molecule is CC1CCN(c2ccc(C(=O)Nc3cnccc3CO)cn2)CC1. The summed E-state index contributed by atoms with van der Waals surface area (Å²) in [5.41, 5.74) is 1.63. The lowest BCUT2D eigenvalue weighted by Gasteiger charge is -2.31. The lowest BCUT2D eigenvalue weighted by molar-refractivity contribution is 0.102. The van der Waals surface area contributed by atoms with Crippen molar-refractivity contribution in [3.63, 3.8) is 0 Å². The van der Waals surface area contributed by atoms with Crippen molar-refractivity contribution in [1.82, 2.24) is 9.97 Å². The normalized spacial score (nSPS) is 15.3. The Morgan fingerprint density at radius 2 is 2.08 bits per heavy atom. The lowest BCUT2D eigenvalue weighted by atomic mass is 9.99. The van der Waals surface area contributed by atoms with E-state index in [1.165, 1.54) is 19.0 Å². The minimum absolute atomic E-state index is 0.150. The molecule has 1 aliphatic rings. The van der Waals surface area contributed by atoms with Crippen LogP contribution in [0.1, 0.15) is 35.7 Å². The Kier molecular flexibility index (Phi) is 5.05. The third-order valence-corrected chi connectivity index (χ3v) is 4.45. The van der Waals surface area contributed by atoms with E-state index in [4.69, 9.17) is 0 Å². The predicted octanol–water partition coefficient (Wildman–Crippen LogP) is 2.46. The molecule has 6 nitrogen and oxygen atoms in total. The zero-order chi connectivity index (χ0) is 16.9. The minimum atomic E-state index is -0.260. The maximum absolute atomic E-state index is 12.3. The van der Waals surface area contributed by atoms with Crippen molar-refractivity contribution >= 4 is 17.4 Å². The first-order valence-electron chi connectivity index (χ1n) is 8.23. The highest BCUT2D eigenvalue weighted by Gasteiger charge is 2.17. The third kappa shape index (κ3) is 3.71. The van der Waals surface area contributed by atoms with Crippen LogP contribution < -0.4 is 10.2 Å². The highest BCUT2D eigenvalue weighted by molar-refractivity contribution is 6.04. The summed E-state index contributed by atoms with van der Waals surface area (Å²) in [6, 6.07) is 5.35. The molecule has 24 heavy (non-hydrogen) atoms. The molecule has 126 valence electrons. The van der Waals surface area contributed by atoms with E-state index in [1.807, 2.05) is 6.07 Å². The fourth-order valence-corrected chi connectivity index (χ4v) is 2.81. The summed E-state index contributed by atoms with van der Waals surface area (Å²) in [6.45, 7) is 4.14. The van der Waals surface area contributed by atoms with Gasteiger partial charge in [0.25, 0.3) is 5.91 Å². The third-order valence-electron chi connectivity index (χ3n) is 4.45. The van der Waals surface area contributed by atoms with Crippen LogP contribution in [0.15, 0.2) is 36.8 Å². The van der Waals surface area contributed by atoms with Crippen LogP contribution in [-0.2, 0) is 6.61 Å². The van der Waals surface area contributed by atoms with Gasteiger partial charge in [0.1, 0.15) is 5.82 Å². The summed E-state index contributed by atoms with van der Waals surface area (Å²) >= 11 is 0. The molecule has 0 unspecified atom stereocenters. The van der Waals surface area contributed by atoms with Crippen molar-refractivity contribution in [3.8, 4) is 0 Å². The minimum Gasteiger partial charge on any atom is -0.392 e. The number of aromatic nitrogens is 2. The Labute approximate surface area is 141 Å². The summed E-state index contributed by atoms with van der Waals surface area (Å²) < 4.78 is 0. The van der Waals surface area contributed by atoms with Gasteiger partial charge in [0.2, 0.25) is 0 Å². The molecule has 1 aliphatic heterocycles. The average molecular weight is 326 g/mol. The molecule has 3 rings (SSSR count). The maximum Gasteiger partial charge on any atom is 0.257 e. The molecule has 0 spiro atoms. The highest BCUT2D eigenvalue weighted by atomic mass is 16.3. The Morgan fingerprint density at radius 1 is 1.29 bits per heavy atom. The lowest BCUT2D eigenvalue weighted by Crippen LogP contribution is -2.33. The number of rotatable bonds is 4. The van der Waals surface area contributed by atoms with Crippen LogP contribution in [-0.4, -0.2) is 34.1 Å². The molecule has 2 aromatic heterocycles. The monoisotopic (exact) mass is 326 g/mol. The van der Waals surface area contributed by atoms with Crippen molar-refractivity contribution in [1.29, 1.82) is 0 Å². The van der Waals surface area contributed by atoms with E-state index < -0.39 is 0 Å². The molecular weight excluding hydrogens is 304 g/mol. The van der Waals surface area contributed by atoms with Gasteiger partial charge in [-0.1, -0.05) is 6.92 Å². The number of hydrogen-bond acceptors (Lipinski definition) is 5. The molecule has 0 aliphatic carbocycles. The second-order valence-electron chi connectivity index (χ2n) is 6.22. The standard InChI is InChI=1S/C18H22N4O2/c1-13-5-8-22(9-6-13)17-3-2-14(10-20-17)18(24)21-16-11-19-7-4-15(16)12-23/h2-4,7,10-11,13,23H,5-6,8-9,12H2,1H3,(H,21,24). The molecule has 1 fully saturated rings. The summed E-state index contributed by atoms with van der Waals surface area (Å²) in [4.78, 5) is 23.0. The van der Waals surface area contributed by atoms with Crippen molar-refractivity contribution in [2.75, 3.05) is 23.3 Å². The van der Waals surface area contributed by atoms with Gasteiger partial charge in [-0.15, -0.1) is 0 Å². The van der Waals surface area contributed by atoms with Crippen molar-refractivity contribution in [2.24, 2.45) is 5.92 Å². The number of pyridine rings is 2. The molecular formula is C18H22N4O2. The molecule has 1 amide bonds. The number of hydrogen-bond donors (Lipinski definition) is 2. The molecule has 3 heterocycles.